The molecule has 0 aliphatic carbocycles. The van der Waals surface area contributed by atoms with Crippen LogP contribution in [0.15, 0.2) is 48.9 Å². The Morgan fingerprint density at radius 3 is 2.46 bits per heavy atom. The number of benzene rings is 2. The fraction of sp³-hybridized carbons (Fsp3) is 0.370. The van der Waals surface area contributed by atoms with Gasteiger partial charge in [-0.15, -0.1) is 0 Å². The number of piperazine rings is 1. The largest absolute Gasteiger partial charge is 0.467 e. The average Bonchev–Trinajstić information content (AvgIpc) is 2.87. The lowest BCUT2D eigenvalue weighted by Crippen LogP contribution is -2.53. The normalized spacial score (nSPS) is 15.2. The Morgan fingerprint density at radius 2 is 1.71 bits per heavy atom. The fourth-order valence-electron chi connectivity index (χ4n) is 4.73. The number of hydrogen-bond donors (Lipinski definition) is 0. The zero-order valence-corrected chi connectivity index (χ0v) is 20.6. The molecule has 0 radical (unpaired) electrons. The van der Waals surface area contributed by atoms with Crippen LogP contribution in [0, 0.1) is 5.82 Å². The Morgan fingerprint density at radius 1 is 0.943 bits per heavy atom. The van der Waals surface area contributed by atoms with E-state index in [2.05, 4.69) is 45.5 Å². The van der Waals surface area contributed by atoms with Crippen LogP contribution in [0.5, 0.6) is 5.75 Å². The van der Waals surface area contributed by atoms with Crippen LogP contribution in [-0.4, -0.2) is 65.5 Å². The predicted octanol–water partition coefficient (Wildman–Crippen LogP) is 4.89. The fourth-order valence-corrected chi connectivity index (χ4v) is 4.73. The molecule has 1 saturated heterocycles. The zero-order valence-electron chi connectivity index (χ0n) is 20.6. The smallest absolute Gasteiger partial charge is 0.188 e. The van der Waals surface area contributed by atoms with Gasteiger partial charge in [0.25, 0.3) is 0 Å². The standard InChI is InChI=1S/C27H30FN5O2/c1-27(2,3)33-13-11-32(12-14-33)26-20-15-29-25(23(28)24(20)30-16-31-26)22-19-8-6-5-7-18(19)9-10-21(22)35-17-34-4/h5-10,15-16H,11-14,17H2,1-4H3. The molecule has 2 aromatic carbocycles. The lowest BCUT2D eigenvalue weighted by atomic mass is 9.99. The predicted molar refractivity (Wildman–Crippen MR) is 136 cm³/mol. The molecule has 1 fully saturated rings. The number of pyridine rings is 1. The summed E-state index contributed by atoms with van der Waals surface area (Å²) in [6.07, 6.45) is 3.12. The minimum absolute atomic E-state index is 0.0490. The molecule has 0 amide bonds. The summed E-state index contributed by atoms with van der Waals surface area (Å²) in [5.74, 6) is 0.734. The van der Waals surface area contributed by atoms with Gasteiger partial charge in [0.2, 0.25) is 0 Å². The van der Waals surface area contributed by atoms with Gasteiger partial charge in [0.15, 0.2) is 12.6 Å². The topological polar surface area (TPSA) is 63.6 Å². The van der Waals surface area contributed by atoms with Crippen molar-refractivity contribution < 1.29 is 13.9 Å². The summed E-state index contributed by atoms with van der Waals surface area (Å²) in [6, 6.07) is 11.6. The minimum Gasteiger partial charge on any atom is -0.467 e. The first kappa shape index (κ1) is 23.4. The third-order valence-electron chi connectivity index (χ3n) is 6.59. The van der Waals surface area contributed by atoms with E-state index in [1.54, 1.807) is 13.3 Å². The van der Waals surface area contributed by atoms with Gasteiger partial charge in [-0.25, -0.2) is 14.4 Å². The Labute approximate surface area is 204 Å². The van der Waals surface area contributed by atoms with Crippen molar-refractivity contribution in [3.63, 3.8) is 0 Å². The summed E-state index contributed by atoms with van der Waals surface area (Å²) in [7, 11) is 1.55. The summed E-state index contributed by atoms with van der Waals surface area (Å²) < 4.78 is 27.0. The zero-order chi connectivity index (χ0) is 24.6. The van der Waals surface area contributed by atoms with E-state index in [0.717, 1.165) is 42.8 Å². The van der Waals surface area contributed by atoms with Crippen molar-refractivity contribution in [2.75, 3.05) is 45.0 Å². The number of halogens is 1. The molecule has 0 N–H and O–H groups in total. The average molecular weight is 476 g/mol. The van der Waals surface area contributed by atoms with E-state index in [4.69, 9.17) is 9.47 Å². The van der Waals surface area contributed by atoms with E-state index in [1.165, 1.54) is 6.33 Å². The van der Waals surface area contributed by atoms with Gasteiger partial charge in [-0.05, 0) is 37.6 Å². The highest BCUT2D eigenvalue weighted by Crippen LogP contribution is 2.39. The molecule has 182 valence electrons. The second kappa shape index (κ2) is 9.36. The molecule has 1 aliphatic heterocycles. The molecule has 0 atom stereocenters. The summed E-state index contributed by atoms with van der Waals surface area (Å²) in [4.78, 5) is 18.1. The van der Waals surface area contributed by atoms with E-state index in [9.17, 15) is 0 Å². The highest BCUT2D eigenvalue weighted by atomic mass is 19.1. The first-order chi connectivity index (χ1) is 16.9. The second-order valence-electron chi connectivity index (χ2n) is 9.74. The number of hydrogen-bond acceptors (Lipinski definition) is 7. The van der Waals surface area contributed by atoms with Crippen LogP contribution in [0.25, 0.3) is 32.9 Å². The number of anilines is 1. The van der Waals surface area contributed by atoms with Crippen LogP contribution < -0.4 is 9.64 Å². The molecule has 0 bridgehead atoms. The Balaban J connectivity index is 1.59. The molecule has 7 nitrogen and oxygen atoms in total. The van der Waals surface area contributed by atoms with E-state index >= 15 is 4.39 Å². The van der Waals surface area contributed by atoms with E-state index in [0.29, 0.717) is 16.7 Å². The Bertz CT molecular complexity index is 1360. The van der Waals surface area contributed by atoms with Gasteiger partial charge in [0, 0.05) is 45.0 Å². The lowest BCUT2D eigenvalue weighted by molar-refractivity contribution is 0.0516. The van der Waals surface area contributed by atoms with Crippen molar-refractivity contribution in [3.8, 4) is 17.0 Å². The van der Waals surface area contributed by atoms with Gasteiger partial charge >= 0.3 is 0 Å². The number of nitrogens with zero attached hydrogens (tertiary/aromatic N) is 5. The molecule has 35 heavy (non-hydrogen) atoms. The van der Waals surface area contributed by atoms with Crippen LogP contribution in [-0.2, 0) is 4.74 Å². The molecule has 4 aromatic rings. The van der Waals surface area contributed by atoms with Crippen LogP contribution in [0.3, 0.4) is 0 Å². The SMILES string of the molecule is COCOc1ccc2ccccc2c1-c1ncc2c(N3CCN(C(C)(C)C)CC3)ncnc2c1F. The van der Waals surface area contributed by atoms with Gasteiger partial charge < -0.3 is 14.4 Å². The Hall–Kier alpha value is -3.36. The maximum Gasteiger partial charge on any atom is 0.188 e. The third kappa shape index (κ3) is 4.39. The molecule has 1 aliphatic rings. The first-order valence-corrected chi connectivity index (χ1v) is 11.8. The molecular formula is C27H30FN5O2. The highest BCUT2D eigenvalue weighted by molar-refractivity contribution is 6.01. The maximum atomic E-state index is 16.1. The summed E-state index contributed by atoms with van der Waals surface area (Å²) >= 11 is 0. The van der Waals surface area contributed by atoms with Crippen molar-refractivity contribution in [2.45, 2.75) is 26.3 Å². The summed E-state index contributed by atoms with van der Waals surface area (Å²) in [6.45, 7) is 10.2. The van der Waals surface area contributed by atoms with Crippen LogP contribution in [0.1, 0.15) is 20.8 Å². The highest BCUT2D eigenvalue weighted by Gasteiger charge is 2.28. The van der Waals surface area contributed by atoms with Gasteiger partial charge in [0.1, 0.15) is 29.1 Å². The van der Waals surface area contributed by atoms with Crippen molar-refractivity contribution in [1.82, 2.24) is 19.9 Å². The van der Waals surface area contributed by atoms with Crippen LogP contribution in [0.4, 0.5) is 10.2 Å². The van der Waals surface area contributed by atoms with Crippen LogP contribution >= 0.6 is 0 Å². The van der Waals surface area contributed by atoms with Crippen molar-refractivity contribution >= 4 is 27.5 Å². The third-order valence-corrected chi connectivity index (χ3v) is 6.59. The molecule has 5 rings (SSSR count). The maximum absolute atomic E-state index is 16.1. The second-order valence-corrected chi connectivity index (χ2v) is 9.74. The molecule has 0 unspecified atom stereocenters. The number of methoxy groups -OCH3 is 1. The van der Waals surface area contributed by atoms with Gasteiger partial charge in [-0.3, -0.25) is 9.88 Å². The number of aromatic nitrogens is 3. The Kier molecular flexibility index (Phi) is 6.25. The lowest BCUT2D eigenvalue weighted by Gasteiger charge is -2.42. The van der Waals surface area contributed by atoms with E-state index in [-0.39, 0.29) is 23.5 Å². The molecule has 0 spiro atoms. The number of rotatable bonds is 5. The number of ether oxygens (including phenoxy) is 2. The van der Waals surface area contributed by atoms with E-state index < -0.39 is 5.82 Å². The minimum atomic E-state index is -0.488. The monoisotopic (exact) mass is 475 g/mol. The molecule has 0 saturated carbocycles. The molecular weight excluding hydrogens is 445 g/mol. The first-order valence-electron chi connectivity index (χ1n) is 11.8. The van der Waals surface area contributed by atoms with Crippen molar-refractivity contribution in [2.24, 2.45) is 0 Å². The van der Waals surface area contributed by atoms with Gasteiger partial charge in [-0.1, -0.05) is 30.3 Å². The number of fused-ring (bicyclic) bond motifs is 2. The summed E-state index contributed by atoms with van der Waals surface area (Å²) in [5.41, 5.74) is 1.15. The molecule has 2 aromatic heterocycles. The van der Waals surface area contributed by atoms with Crippen molar-refractivity contribution in [3.05, 3.63) is 54.7 Å². The molecule has 3 heterocycles. The quantitative estimate of drug-likeness (QED) is 0.381. The summed E-state index contributed by atoms with van der Waals surface area (Å²) in [5, 5.41) is 2.42. The van der Waals surface area contributed by atoms with Gasteiger partial charge in [-0.2, -0.15) is 0 Å². The molecule has 8 heteroatoms. The van der Waals surface area contributed by atoms with Crippen LogP contribution in [0.2, 0.25) is 0 Å². The van der Waals surface area contributed by atoms with E-state index in [1.807, 2.05) is 36.4 Å². The van der Waals surface area contributed by atoms with Crippen molar-refractivity contribution in [1.29, 1.82) is 0 Å². The van der Waals surface area contributed by atoms with Gasteiger partial charge in [0.05, 0.1) is 10.9 Å².